The molecule has 13 nitrogen and oxygen atoms in total. The Morgan fingerprint density at radius 1 is 1.20 bits per heavy atom. The van der Waals surface area contributed by atoms with Crippen LogP contribution in [0.15, 0.2) is 30.3 Å². The SMILES string of the molecule is [CH]OC(=O)NC(CC(N)=O)C(=O)NC(Cc1ccccc1)C(O)C(=O)N1CC(=O)CC1C(=O)NC. The van der Waals surface area contributed by atoms with Crippen LogP contribution in [0.2, 0.25) is 0 Å². The fourth-order valence-electron chi connectivity index (χ4n) is 3.64. The molecule has 13 heteroatoms. The molecule has 1 saturated heterocycles. The molecule has 0 saturated carbocycles. The number of hydrogen-bond acceptors (Lipinski definition) is 8. The first-order chi connectivity index (χ1) is 16.6. The van der Waals surface area contributed by atoms with E-state index in [1.807, 2.05) is 0 Å². The number of Topliss-reactive ketones (excluding diaryl/α,β-unsaturated/α-hetero) is 1. The molecular weight excluding hydrogens is 462 g/mol. The van der Waals surface area contributed by atoms with Gasteiger partial charge in [0.15, 0.2) is 19.0 Å². The highest BCUT2D eigenvalue weighted by Crippen LogP contribution is 2.18. The number of rotatable bonds is 10. The number of ether oxygens (including phenoxy) is 1. The number of aliphatic hydroxyl groups excluding tert-OH is 1. The number of ketones is 1. The van der Waals surface area contributed by atoms with Crippen molar-refractivity contribution in [3.8, 4) is 0 Å². The monoisotopic (exact) mass is 489 g/mol. The van der Waals surface area contributed by atoms with Crippen LogP contribution in [0.3, 0.4) is 0 Å². The van der Waals surface area contributed by atoms with Crippen molar-refractivity contribution in [2.75, 3.05) is 13.6 Å². The number of nitrogens with two attached hydrogens (primary N) is 1. The Labute approximate surface area is 201 Å². The molecule has 2 rings (SSSR count). The van der Waals surface area contributed by atoms with Crippen LogP contribution in [-0.2, 0) is 35.1 Å². The Kier molecular flexibility index (Phi) is 9.70. The van der Waals surface area contributed by atoms with Gasteiger partial charge in [-0.3, -0.25) is 24.0 Å². The van der Waals surface area contributed by atoms with E-state index in [-0.39, 0.29) is 25.2 Å². The number of likely N-dealkylation sites (N-methyl/N-ethyl adjacent to an activating group) is 1. The molecule has 0 aromatic heterocycles. The first-order valence-corrected chi connectivity index (χ1v) is 10.6. The molecule has 1 aromatic carbocycles. The van der Waals surface area contributed by atoms with Crippen LogP contribution < -0.4 is 21.7 Å². The highest BCUT2D eigenvalue weighted by molar-refractivity contribution is 6.00. The smallest absolute Gasteiger partial charge is 0.408 e. The lowest BCUT2D eigenvalue weighted by molar-refractivity contribution is -0.147. The molecular formula is C22H27N5O8. The van der Waals surface area contributed by atoms with Crippen LogP contribution in [0.1, 0.15) is 18.4 Å². The van der Waals surface area contributed by atoms with Crippen LogP contribution in [0.4, 0.5) is 4.79 Å². The molecule has 0 bridgehead atoms. The fourth-order valence-corrected chi connectivity index (χ4v) is 3.64. The summed E-state index contributed by atoms with van der Waals surface area (Å²) in [4.78, 5) is 73.9. The van der Waals surface area contributed by atoms with Crippen LogP contribution in [0.5, 0.6) is 0 Å². The van der Waals surface area contributed by atoms with Crippen molar-refractivity contribution >= 4 is 35.5 Å². The molecule has 1 aromatic rings. The Hall–Kier alpha value is -4.00. The van der Waals surface area contributed by atoms with Crippen LogP contribution in [0, 0.1) is 7.11 Å². The molecule has 5 amide bonds. The molecule has 4 unspecified atom stereocenters. The minimum Gasteiger partial charge on any atom is -0.438 e. The van der Waals surface area contributed by atoms with Gasteiger partial charge in [0.25, 0.3) is 5.91 Å². The molecule has 6 N–H and O–H groups in total. The summed E-state index contributed by atoms with van der Waals surface area (Å²) in [5.74, 6) is -3.78. The van der Waals surface area contributed by atoms with Gasteiger partial charge in [-0.05, 0) is 12.0 Å². The number of aliphatic hydroxyl groups is 1. The second-order valence-electron chi connectivity index (χ2n) is 7.86. The Morgan fingerprint density at radius 2 is 1.86 bits per heavy atom. The van der Waals surface area contributed by atoms with Gasteiger partial charge in [0, 0.05) is 13.5 Å². The summed E-state index contributed by atoms with van der Waals surface area (Å²) in [5.41, 5.74) is 5.77. The van der Waals surface area contributed by atoms with Crippen LogP contribution >= 0.6 is 0 Å². The number of likely N-dealkylation sites (tertiary alicyclic amines) is 1. The molecule has 1 aliphatic heterocycles. The van der Waals surface area contributed by atoms with Gasteiger partial charge in [-0.1, -0.05) is 30.3 Å². The standard InChI is InChI=1S/C22H27N5O8/c1-24-20(32)16-9-13(28)11-27(16)21(33)18(30)14(8-12-6-4-3-5-7-12)25-19(31)15(10-17(23)29)26-22(34)35-2/h2-7,14-16,18,30H,8-11H2,1H3,(H2,23,29)(H,24,32)(H,25,31)(H,26,34). The van der Waals surface area contributed by atoms with Gasteiger partial charge in [0.2, 0.25) is 17.7 Å². The van der Waals surface area contributed by atoms with Gasteiger partial charge in [0.1, 0.15) is 12.1 Å². The second kappa shape index (κ2) is 12.5. The first-order valence-electron chi connectivity index (χ1n) is 10.6. The highest BCUT2D eigenvalue weighted by Gasteiger charge is 2.42. The van der Waals surface area contributed by atoms with Gasteiger partial charge >= 0.3 is 6.09 Å². The fraction of sp³-hybridized carbons (Fsp3) is 0.409. The van der Waals surface area contributed by atoms with Crippen molar-refractivity contribution in [3.05, 3.63) is 43.0 Å². The quantitative estimate of drug-likeness (QED) is 0.240. The zero-order chi connectivity index (χ0) is 26.1. The average molecular weight is 489 g/mol. The van der Waals surface area contributed by atoms with Gasteiger partial charge in [-0.25, -0.2) is 4.79 Å². The molecule has 1 fully saturated rings. The molecule has 188 valence electrons. The van der Waals surface area contributed by atoms with Crippen LogP contribution in [-0.4, -0.2) is 83.3 Å². The normalized spacial score (nSPS) is 17.6. The number of nitrogens with one attached hydrogen (secondary N) is 3. The minimum absolute atomic E-state index is 0.0451. The summed E-state index contributed by atoms with van der Waals surface area (Å²) in [6, 6.07) is 4.64. The minimum atomic E-state index is -1.88. The van der Waals surface area contributed by atoms with Gasteiger partial charge in [0.05, 0.1) is 19.0 Å². The third kappa shape index (κ3) is 7.50. The van der Waals surface area contributed by atoms with E-state index < -0.39 is 60.4 Å². The summed E-state index contributed by atoms with van der Waals surface area (Å²) < 4.78 is 3.96. The van der Waals surface area contributed by atoms with E-state index in [0.717, 1.165) is 4.90 Å². The van der Waals surface area contributed by atoms with Crippen LogP contribution in [0.25, 0.3) is 0 Å². The topological polar surface area (TPSA) is 197 Å². The zero-order valence-electron chi connectivity index (χ0n) is 18.9. The van der Waals surface area contributed by atoms with E-state index in [1.165, 1.54) is 7.05 Å². The number of nitrogens with zero attached hydrogens (tertiary/aromatic N) is 1. The van der Waals surface area contributed by atoms with E-state index in [0.29, 0.717) is 5.56 Å². The Balaban J connectivity index is 2.30. The molecule has 0 spiro atoms. The molecule has 35 heavy (non-hydrogen) atoms. The number of amides is 5. The maximum Gasteiger partial charge on any atom is 0.408 e. The summed E-state index contributed by atoms with van der Waals surface area (Å²) in [6.07, 6.45) is -3.97. The predicted molar refractivity (Wildman–Crippen MR) is 119 cm³/mol. The number of alkyl carbamates (subject to hydrolysis) is 1. The number of benzene rings is 1. The summed E-state index contributed by atoms with van der Waals surface area (Å²) in [6.45, 7) is -0.381. The number of primary amides is 1. The van der Waals surface area contributed by atoms with E-state index in [1.54, 1.807) is 30.3 Å². The predicted octanol–water partition coefficient (Wildman–Crippen LogP) is -2.37. The lowest BCUT2D eigenvalue weighted by atomic mass is 9.99. The summed E-state index contributed by atoms with van der Waals surface area (Å²) in [7, 11) is 6.11. The van der Waals surface area contributed by atoms with E-state index in [4.69, 9.17) is 12.8 Å². The first kappa shape index (κ1) is 27.2. The van der Waals surface area contributed by atoms with E-state index >= 15 is 0 Å². The van der Waals surface area contributed by atoms with Crippen molar-refractivity contribution < 1.29 is 38.6 Å². The molecule has 1 aliphatic rings. The second-order valence-corrected chi connectivity index (χ2v) is 7.86. The van der Waals surface area contributed by atoms with Crippen molar-refractivity contribution in [1.29, 1.82) is 0 Å². The maximum absolute atomic E-state index is 13.1. The number of carbonyl (C=O) groups excluding carboxylic acids is 6. The number of hydrogen-bond donors (Lipinski definition) is 5. The Bertz CT molecular complexity index is 970. The Morgan fingerprint density at radius 3 is 2.43 bits per heavy atom. The third-order valence-corrected chi connectivity index (χ3v) is 5.36. The zero-order valence-corrected chi connectivity index (χ0v) is 18.9. The molecule has 4 atom stereocenters. The van der Waals surface area contributed by atoms with Crippen molar-refractivity contribution in [2.45, 2.75) is 43.5 Å². The van der Waals surface area contributed by atoms with Gasteiger partial charge in [-0.15, -0.1) is 0 Å². The third-order valence-electron chi connectivity index (χ3n) is 5.36. The molecule has 2 radical (unpaired) electrons. The van der Waals surface area contributed by atoms with E-state index in [2.05, 4.69) is 20.7 Å². The highest BCUT2D eigenvalue weighted by atomic mass is 16.5. The average Bonchev–Trinajstić information content (AvgIpc) is 3.23. The van der Waals surface area contributed by atoms with Crippen molar-refractivity contribution in [1.82, 2.24) is 20.9 Å². The number of carbonyl (C=O) groups is 6. The summed E-state index contributed by atoms with van der Waals surface area (Å²) >= 11 is 0. The maximum atomic E-state index is 13.1. The lowest BCUT2D eigenvalue weighted by Crippen LogP contribution is -2.58. The van der Waals surface area contributed by atoms with Crippen molar-refractivity contribution in [3.63, 3.8) is 0 Å². The largest absolute Gasteiger partial charge is 0.438 e. The molecule has 0 aliphatic carbocycles. The summed E-state index contributed by atoms with van der Waals surface area (Å²) in [5, 5.41) is 17.8. The van der Waals surface area contributed by atoms with E-state index in [9.17, 15) is 33.9 Å². The van der Waals surface area contributed by atoms with Crippen molar-refractivity contribution in [2.24, 2.45) is 5.73 Å². The van der Waals surface area contributed by atoms with Gasteiger partial charge < -0.3 is 36.4 Å². The lowest BCUT2D eigenvalue weighted by Gasteiger charge is -2.30. The van der Waals surface area contributed by atoms with Gasteiger partial charge in [-0.2, -0.15) is 0 Å². The molecule has 1 heterocycles.